The highest BCUT2D eigenvalue weighted by atomic mass is 15.3. The first-order valence-corrected chi connectivity index (χ1v) is 5.20. The van der Waals surface area contributed by atoms with Crippen molar-refractivity contribution >= 4 is 0 Å². The quantitative estimate of drug-likeness (QED) is 0.700. The van der Waals surface area contributed by atoms with Crippen LogP contribution in [0, 0.1) is 0 Å². The van der Waals surface area contributed by atoms with Crippen LogP contribution in [0.5, 0.6) is 0 Å². The molecule has 0 fully saturated rings. The molecule has 14 heavy (non-hydrogen) atoms. The fourth-order valence-corrected chi connectivity index (χ4v) is 1.54. The minimum absolute atomic E-state index is 0.766. The summed E-state index contributed by atoms with van der Waals surface area (Å²) in [5, 5.41) is 0. The maximum atomic E-state index is 5.57. The van der Waals surface area contributed by atoms with Crippen LogP contribution < -0.4 is 5.73 Å². The van der Waals surface area contributed by atoms with Crippen LogP contribution in [0.4, 0.5) is 0 Å². The molecule has 0 saturated heterocycles. The van der Waals surface area contributed by atoms with Gasteiger partial charge in [0.05, 0.1) is 27.2 Å². The third-order valence-electron chi connectivity index (χ3n) is 2.58. The Morgan fingerprint density at radius 2 is 1.71 bits per heavy atom. The topological polar surface area (TPSA) is 26.0 Å². The Balaban J connectivity index is 2.40. The molecule has 1 aromatic carbocycles. The predicted octanol–water partition coefficient (Wildman–Crippen LogP) is 1.26. The molecule has 0 aliphatic rings. The van der Waals surface area contributed by atoms with Crippen molar-refractivity contribution in [2.45, 2.75) is 6.42 Å². The van der Waals surface area contributed by atoms with Crippen molar-refractivity contribution in [1.82, 2.24) is 0 Å². The maximum Gasteiger partial charge on any atom is 0.0907 e. The maximum absolute atomic E-state index is 5.57. The molecule has 1 rings (SSSR count). The molecule has 0 amide bonds. The van der Waals surface area contributed by atoms with Crippen molar-refractivity contribution in [1.29, 1.82) is 0 Å². The highest BCUT2D eigenvalue weighted by molar-refractivity contribution is 5.14. The number of nitrogens with two attached hydrogens (primary N) is 1. The lowest BCUT2D eigenvalue weighted by Crippen LogP contribution is -2.44. The third-order valence-corrected chi connectivity index (χ3v) is 2.58. The first-order valence-electron chi connectivity index (χ1n) is 5.20. The summed E-state index contributed by atoms with van der Waals surface area (Å²) in [7, 11) is 4.46. The van der Waals surface area contributed by atoms with Gasteiger partial charge in [0.15, 0.2) is 0 Å². The monoisotopic (exact) mass is 193 g/mol. The van der Waals surface area contributed by atoms with Gasteiger partial charge < -0.3 is 10.2 Å². The molecule has 0 radical (unpaired) electrons. The SMILES string of the molecule is C[N+](C)(CCN)CCc1ccccc1. The summed E-state index contributed by atoms with van der Waals surface area (Å²) in [6, 6.07) is 10.6. The average Bonchev–Trinajstić information content (AvgIpc) is 2.17. The molecule has 0 unspecified atom stereocenters. The molecule has 0 aromatic heterocycles. The lowest BCUT2D eigenvalue weighted by molar-refractivity contribution is -0.888. The van der Waals surface area contributed by atoms with E-state index in [1.807, 2.05) is 0 Å². The van der Waals surface area contributed by atoms with Crippen molar-refractivity contribution in [3.05, 3.63) is 35.9 Å². The van der Waals surface area contributed by atoms with Gasteiger partial charge in [-0.15, -0.1) is 0 Å². The predicted molar refractivity (Wildman–Crippen MR) is 61.0 cm³/mol. The molecule has 2 heteroatoms. The molecular formula is C12H21N2+. The van der Waals surface area contributed by atoms with E-state index >= 15 is 0 Å². The molecule has 0 heterocycles. The van der Waals surface area contributed by atoms with Crippen LogP contribution in [0.25, 0.3) is 0 Å². The summed E-state index contributed by atoms with van der Waals surface area (Å²) in [6.07, 6.45) is 1.13. The minimum Gasteiger partial charge on any atom is -0.327 e. The van der Waals surface area contributed by atoms with E-state index in [0.29, 0.717) is 0 Å². The number of hydrogen-bond acceptors (Lipinski definition) is 1. The molecule has 0 bridgehead atoms. The second-order valence-electron chi connectivity index (χ2n) is 4.41. The summed E-state index contributed by atoms with van der Waals surface area (Å²) in [4.78, 5) is 0. The van der Waals surface area contributed by atoms with Crippen molar-refractivity contribution in [2.24, 2.45) is 5.73 Å². The van der Waals surface area contributed by atoms with E-state index in [2.05, 4.69) is 44.4 Å². The largest absolute Gasteiger partial charge is 0.327 e. The second-order valence-corrected chi connectivity index (χ2v) is 4.41. The fraction of sp³-hybridized carbons (Fsp3) is 0.500. The highest BCUT2D eigenvalue weighted by Crippen LogP contribution is 2.03. The first kappa shape index (κ1) is 11.2. The zero-order chi connectivity index (χ0) is 10.4. The zero-order valence-corrected chi connectivity index (χ0v) is 9.24. The molecule has 0 atom stereocenters. The van der Waals surface area contributed by atoms with Gasteiger partial charge in [0.2, 0.25) is 0 Å². The Morgan fingerprint density at radius 3 is 2.29 bits per heavy atom. The van der Waals surface area contributed by atoms with E-state index in [1.54, 1.807) is 0 Å². The molecule has 2 nitrogen and oxygen atoms in total. The van der Waals surface area contributed by atoms with Crippen LogP contribution in [0.2, 0.25) is 0 Å². The van der Waals surface area contributed by atoms with Gasteiger partial charge >= 0.3 is 0 Å². The van der Waals surface area contributed by atoms with Gasteiger partial charge in [0.1, 0.15) is 0 Å². The molecule has 0 saturated carbocycles. The van der Waals surface area contributed by atoms with Gasteiger partial charge in [-0.3, -0.25) is 0 Å². The summed E-state index contributed by atoms with van der Waals surface area (Å²) in [5.74, 6) is 0. The Kier molecular flexibility index (Phi) is 4.11. The lowest BCUT2D eigenvalue weighted by Gasteiger charge is -2.29. The third kappa shape index (κ3) is 3.90. The summed E-state index contributed by atoms with van der Waals surface area (Å²) in [5.41, 5.74) is 6.98. The van der Waals surface area contributed by atoms with Gasteiger partial charge in [0.25, 0.3) is 0 Å². The van der Waals surface area contributed by atoms with Crippen LogP contribution in [0.3, 0.4) is 0 Å². The standard InChI is InChI=1S/C12H21N2/c1-14(2,11-9-13)10-8-12-6-4-3-5-7-12/h3-7H,8-11,13H2,1-2H3/q+1. The Morgan fingerprint density at radius 1 is 1.07 bits per heavy atom. The zero-order valence-electron chi connectivity index (χ0n) is 9.24. The van der Waals surface area contributed by atoms with Crippen molar-refractivity contribution in [2.75, 3.05) is 33.7 Å². The van der Waals surface area contributed by atoms with Crippen LogP contribution in [-0.2, 0) is 6.42 Å². The van der Waals surface area contributed by atoms with Gasteiger partial charge in [-0.2, -0.15) is 0 Å². The van der Waals surface area contributed by atoms with Crippen molar-refractivity contribution in [3.63, 3.8) is 0 Å². The smallest absolute Gasteiger partial charge is 0.0907 e. The molecule has 0 spiro atoms. The summed E-state index contributed by atoms with van der Waals surface area (Å²) in [6.45, 7) is 2.97. The van der Waals surface area contributed by atoms with Gasteiger partial charge in [0, 0.05) is 13.0 Å². The number of benzene rings is 1. The lowest BCUT2D eigenvalue weighted by atomic mass is 10.1. The number of nitrogens with zero attached hydrogens (tertiary/aromatic N) is 1. The van der Waals surface area contributed by atoms with E-state index in [-0.39, 0.29) is 0 Å². The van der Waals surface area contributed by atoms with E-state index in [0.717, 1.165) is 30.5 Å². The van der Waals surface area contributed by atoms with Gasteiger partial charge in [-0.05, 0) is 5.56 Å². The summed E-state index contributed by atoms with van der Waals surface area (Å²) < 4.78 is 1.01. The Bertz CT molecular complexity index is 254. The van der Waals surface area contributed by atoms with E-state index in [9.17, 15) is 0 Å². The number of hydrogen-bond donors (Lipinski definition) is 1. The van der Waals surface area contributed by atoms with Gasteiger partial charge in [-0.25, -0.2) is 0 Å². The average molecular weight is 193 g/mol. The van der Waals surface area contributed by atoms with Crippen LogP contribution in [-0.4, -0.2) is 38.2 Å². The Labute approximate surface area is 86.9 Å². The minimum atomic E-state index is 0.766. The molecular weight excluding hydrogens is 172 g/mol. The molecule has 78 valence electrons. The highest BCUT2D eigenvalue weighted by Gasteiger charge is 2.12. The molecule has 2 N–H and O–H groups in total. The number of likely N-dealkylation sites (N-methyl/N-ethyl adjacent to an activating group) is 1. The van der Waals surface area contributed by atoms with Crippen LogP contribution in [0.15, 0.2) is 30.3 Å². The molecule has 0 aliphatic heterocycles. The van der Waals surface area contributed by atoms with E-state index in [1.165, 1.54) is 5.56 Å². The van der Waals surface area contributed by atoms with E-state index in [4.69, 9.17) is 5.73 Å². The van der Waals surface area contributed by atoms with Crippen molar-refractivity contribution < 1.29 is 4.48 Å². The Hall–Kier alpha value is -0.860. The second kappa shape index (κ2) is 5.13. The molecule has 1 aromatic rings. The first-order chi connectivity index (χ1) is 6.64. The normalized spacial score (nSPS) is 11.6. The summed E-state index contributed by atoms with van der Waals surface area (Å²) >= 11 is 0. The van der Waals surface area contributed by atoms with Crippen LogP contribution in [0.1, 0.15) is 5.56 Å². The van der Waals surface area contributed by atoms with Gasteiger partial charge in [-0.1, -0.05) is 30.3 Å². The fourth-order valence-electron chi connectivity index (χ4n) is 1.54. The van der Waals surface area contributed by atoms with Crippen LogP contribution >= 0.6 is 0 Å². The van der Waals surface area contributed by atoms with Crippen molar-refractivity contribution in [3.8, 4) is 0 Å². The van der Waals surface area contributed by atoms with E-state index < -0.39 is 0 Å². The number of rotatable bonds is 5. The molecule has 0 aliphatic carbocycles. The number of quaternary nitrogens is 1.